The van der Waals surface area contributed by atoms with Crippen LogP contribution in [0.4, 0.5) is 19.0 Å². The highest BCUT2D eigenvalue weighted by Crippen LogP contribution is 2.41. The van der Waals surface area contributed by atoms with Crippen molar-refractivity contribution in [2.75, 3.05) is 31.2 Å². The third kappa shape index (κ3) is 3.87. The van der Waals surface area contributed by atoms with E-state index in [1.54, 1.807) is 4.90 Å². The third-order valence-electron chi connectivity index (χ3n) is 6.40. The van der Waals surface area contributed by atoms with Crippen molar-refractivity contribution >= 4 is 5.82 Å². The minimum atomic E-state index is -1.62. The van der Waals surface area contributed by atoms with Crippen LogP contribution in [-0.2, 0) is 17.7 Å². The van der Waals surface area contributed by atoms with Gasteiger partial charge in [0, 0.05) is 31.5 Å². The Morgan fingerprint density at radius 2 is 1.80 bits per heavy atom. The van der Waals surface area contributed by atoms with Gasteiger partial charge in [-0.15, -0.1) is 0 Å². The minimum absolute atomic E-state index is 0.00259. The zero-order valence-electron chi connectivity index (χ0n) is 18.4. The molecule has 0 N–H and O–H groups in total. The number of hydrogen-bond donors (Lipinski definition) is 0. The van der Waals surface area contributed by atoms with Crippen LogP contribution in [0.5, 0.6) is 0 Å². The van der Waals surface area contributed by atoms with Crippen LogP contribution in [-0.4, -0.2) is 45.4 Å². The Morgan fingerprint density at radius 1 is 1.11 bits per heavy atom. The summed E-state index contributed by atoms with van der Waals surface area (Å²) in [5.41, 5.74) is -1.54. The van der Waals surface area contributed by atoms with E-state index in [2.05, 4.69) is 9.97 Å². The first-order chi connectivity index (χ1) is 16.8. The molecule has 4 heterocycles. The number of aromatic nitrogens is 4. The summed E-state index contributed by atoms with van der Waals surface area (Å²) in [6.45, 7) is 1.73. The van der Waals surface area contributed by atoms with E-state index in [0.717, 1.165) is 27.7 Å². The smallest absolute Gasteiger partial charge is 0.338 e. The lowest BCUT2D eigenvalue weighted by Crippen LogP contribution is -2.59. The highest BCUT2D eigenvalue weighted by molar-refractivity contribution is 5.53. The first kappa shape index (κ1) is 22.8. The summed E-state index contributed by atoms with van der Waals surface area (Å²) in [6.07, 6.45) is 4.27. The van der Waals surface area contributed by atoms with Gasteiger partial charge in [-0.2, -0.15) is 5.26 Å². The Hall–Kier alpha value is -3.98. The summed E-state index contributed by atoms with van der Waals surface area (Å²) in [5.74, 6) is -4.21. The Morgan fingerprint density at radius 3 is 2.40 bits per heavy atom. The fourth-order valence-corrected chi connectivity index (χ4v) is 4.78. The zero-order valence-corrected chi connectivity index (χ0v) is 18.4. The van der Waals surface area contributed by atoms with Gasteiger partial charge in [0.15, 0.2) is 17.5 Å². The van der Waals surface area contributed by atoms with Crippen LogP contribution >= 0.6 is 0 Å². The zero-order chi connectivity index (χ0) is 24.7. The number of rotatable bonds is 5. The van der Waals surface area contributed by atoms with Gasteiger partial charge in [-0.3, -0.25) is 9.36 Å². The van der Waals surface area contributed by atoms with Gasteiger partial charge in [-0.1, -0.05) is 0 Å². The van der Waals surface area contributed by atoms with Crippen LogP contribution in [0.3, 0.4) is 0 Å². The molecule has 5 rings (SSSR count). The predicted octanol–water partition coefficient (Wildman–Crippen LogP) is 1.55. The number of anilines is 1. The minimum Gasteiger partial charge on any atom is -0.381 e. The van der Waals surface area contributed by atoms with Crippen molar-refractivity contribution in [3.8, 4) is 11.8 Å². The average Bonchev–Trinajstić information content (AvgIpc) is 3.31. The molecule has 0 atom stereocenters. The van der Waals surface area contributed by atoms with E-state index in [1.807, 2.05) is 6.07 Å². The van der Waals surface area contributed by atoms with Crippen LogP contribution in [0.15, 0.2) is 40.4 Å². The maximum atomic E-state index is 14.0. The fraction of sp³-hybridized carbons (Fsp3) is 0.348. The molecule has 2 fully saturated rings. The summed E-state index contributed by atoms with van der Waals surface area (Å²) in [6, 6.07) is 3.55. The van der Waals surface area contributed by atoms with Gasteiger partial charge < -0.3 is 9.64 Å². The molecule has 12 heteroatoms. The second-order valence-electron chi connectivity index (χ2n) is 8.78. The molecular weight excluding hydrogens is 465 g/mol. The van der Waals surface area contributed by atoms with Crippen molar-refractivity contribution in [1.29, 1.82) is 5.26 Å². The number of nitrogens with zero attached hydrogens (tertiary/aromatic N) is 6. The van der Waals surface area contributed by atoms with Crippen LogP contribution in [0.2, 0.25) is 0 Å². The second-order valence-corrected chi connectivity index (χ2v) is 8.78. The second kappa shape index (κ2) is 8.66. The predicted molar refractivity (Wildman–Crippen MR) is 117 cm³/mol. The van der Waals surface area contributed by atoms with Gasteiger partial charge in [0.05, 0.1) is 36.3 Å². The van der Waals surface area contributed by atoms with E-state index in [1.165, 1.54) is 18.7 Å². The van der Waals surface area contributed by atoms with Gasteiger partial charge in [-0.05, 0) is 24.1 Å². The van der Waals surface area contributed by atoms with E-state index < -0.39 is 28.7 Å². The summed E-state index contributed by atoms with van der Waals surface area (Å²) in [7, 11) is 0. The molecule has 0 aliphatic carbocycles. The Labute approximate surface area is 196 Å². The molecule has 0 bridgehead atoms. The molecule has 2 aliphatic rings. The largest absolute Gasteiger partial charge is 0.381 e. The number of hydrogen-bond acceptors (Lipinski definition) is 7. The van der Waals surface area contributed by atoms with Crippen LogP contribution in [0, 0.1) is 34.2 Å². The van der Waals surface area contributed by atoms with Gasteiger partial charge in [-0.25, -0.2) is 32.5 Å². The monoisotopic (exact) mass is 484 g/mol. The maximum Gasteiger partial charge on any atom is 0.338 e. The van der Waals surface area contributed by atoms with Crippen molar-refractivity contribution in [3.63, 3.8) is 0 Å². The summed E-state index contributed by atoms with van der Waals surface area (Å²) < 4.78 is 48.9. The quantitative estimate of drug-likeness (QED) is 0.506. The molecule has 2 aliphatic heterocycles. The molecule has 2 aromatic heterocycles. The molecule has 0 saturated carbocycles. The summed E-state index contributed by atoms with van der Waals surface area (Å²) >= 11 is 0. The maximum absolute atomic E-state index is 14.0. The first-order valence-electron chi connectivity index (χ1n) is 10.8. The topological polar surface area (TPSA) is 106 Å². The molecule has 2 saturated heterocycles. The Kier molecular flexibility index (Phi) is 5.64. The van der Waals surface area contributed by atoms with E-state index in [-0.39, 0.29) is 41.0 Å². The number of benzene rings is 1. The van der Waals surface area contributed by atoms with Crippen molar-refractivity contribution < 1.29 is 17.9 Å². The number of halogens is 3. The summed E-state index contributed by atoms with van der Waals surface area (Å²) in [4.78, 5) is 36.6. The van der Waals surface area contributed by atoms with Crippen LogP contribution < -0.4 is 16.1 Å². The SMILES string of the molecule is N#CCn1c(N2CC3(CCOC3)C2)c(Cc2cc(F)c(F)c(F)c2)c(=O)n(-c2cncnc2)c1=O. The Balaban J connectivity index is 1.72. The van der Waals surface area contributed by atoms with E-state index >= 15 is 0 Å². The van der Waals surface area contributed by atoms with Crippen molar-refractivity contribution in [2.24, 2.45) is 5.41 Å². The standard InChI is InChI=1S/C23H19F3N6O3/c24-17-6-14(7-18(25)19(17)26)5-16-20(30-10-23(11-30)1-4-35-12-23)31(3-2-27)22(34)32(21(16)33)15-8-28-13-29-9-15/h6-9,13H,1,3-5,10-12H2. The lowest BCUT2D eigenvalue weighted by molar-refractivity contribution is 0.130. The van der Waals surface area contributed by atoms with Gasteiger partial charge in [0.2, 0.25) is 0 Å². The Bertz CT molecular complexity index is 1430. The van der Waals surface area contributed by atoms with Crippen molar-refractivity contribution in [1.82, 2.24) is 19.1 Å². The highest BCUT2D eigenvalue weighted by atomic mass is 19.2. The molecule has 180 valence electrons. The average molecular weight is 484 g/mol. The molecule has 0 radical (unpaired) electrons. The van der Waals surface area contributed by atoms with Crippen molar-refractivity contribution in [2.45, 2.75) is 19.4 Å². The molecular formula is C23H19F3N6O3. The molecule has 3 aromatic rings. The molecule has 1 spiro atoms. The lowest BCUT2D eigenvalue weighted by Gasteiger charge is -2.49. The number of nitriles is 1. The molecule has 0 amide bonds. The van der Waals surface area contributed by atoms with E-state index in [9.17, 15) is 28.0 Å². The van der Waals surface area contributed by atoms with Gasteiger partial charge >= 0.3 is 5.69 Å². The highest BCUT2D eigenvalue weighted by Gasteiger charge is 2.47. The van der Waals surface area contributed by atoms with Crippen LogP contribution in [0.1, 0.15) is 17.5 Å². The van der Waals surface area contributed by atoms with Crippen LogP contribution in [0.25, 0.3) is 5.69 Å². The van der Waals surface area contributed by atoms with Crippen molar-refractivity contribution in [3.05, 3.63) is 80.3 Å². The number of ether oxygens (including phenoxy) is 1. The lowest BCUT2D eigenvalue weighted by atomic mass is 9.79. The van der Waals surface area contributed by atoms with Gasteiger partial charge in [0.25, 0.3) is 5.56 Å². The molecule has 35 heavy (non-hydrogen) atoms. The third-order valence-corrected chi connectivity index (χ3v) is 6.40. The van der Waals surface area contributed by atoms with Gasteiger partial charge in [0.1, 0.15) is 18.7 Å². The van der Waals surface area contributed by atoms with E-state index in [0.29, 0.717) is 26.3 Å². The molecule has 1 aromatic carbocycles. The molecule has 9 nitrogen and oxygen atoms in total. The fourth-order valence-electron chi connectivity index (χ4n) is 4.78. The normalized spacial score (nSPS) is 16.3. The first-order valence-corrected chi connectivity index (χ1v) is 10.8. The van der Waals surface area contributed by atoms with E-state index in [4.69, 9.17) is 4.74 Å². The summed E-state index contributed by atoms with van der Waals surface area (Å²) in [5, 5.41) is 9.46. The molecule has 0 unspecified atom stereocenters.